The summed E-state index contributed by atoms with van der Waals surface area (Å²) in [5, 5.41) is 3.75. The van der Waals surface area contributed by atoms with Crippen molar-refractivity contribution in [3.05, 3.63) is 96.3 Å². The third kappa shape index (κ3) is 2.71. The van der Waals surface area contributed by atoms with E-state index >= 15 is 0 Å². The van der Waals surface area contributed by atoms with Gasteiger partial charge in [-0.2, -0.15) is 0 Å². The Kier molecular flexibility index (Phi) is 4.05. The van der Waals surface area contributed by atoms with E-state index in [9.17, 15) is 0 Å². The Bertz CT molecular complexity index is 1550. The van der Waals surface area contributed by atoms with Crippen molar-refractivity contribution < 1.29 is 0 Å². The summed E-state index contributed by atoms with van der Waals surface area (Å²) in [6, 6.07) is 31.6. The molecule has 30 heavy (non-hydrogen) atoms. The van der Waals surface area contributed by atoms with Crippen LogP contribution in [0.4, 0.5) is 0 Å². The molecule has 4 heteroatoms. The zero-order valence-electron chi connectivity index (χ0n) is 15.8. The normalized spacial score (nSPS) is 11.5. The highest BCUT2D eigenvalue weighted by Gasteiger charge is 2.17. The standard InChI is InChI=1S/C26H15ClN2S/c27-26-28-23(25-24(29-26)21-12-6-7-13-22(21)30-25)20-15-14-17(16-8-2-1-3-9-16)18-10-4-5-11-19(18)20/h1-15H. The Morgan fingerprint density at radius 2 is 1.23 bits per heavy atom. The van der Waals surface area contributed by atoms with Crippen molar-refractivity contribution in [2.24, 2.45) is 0 Å². The van der Waals surface area contributed by atoms with Gasteiger partial charge in [-0.25, -0.2) is 9.97 Å². The number of hydrogen-bond acceptors (Lipinski definition) is 3. The van der Waals surface area contributed by atoms with Gasteiger partial charge in [0.25, 0.3) is 0 Å². The first kappa shape index (κ1) is 17.6. The molecule has 0 aliphatic rings. The number of aromatic nitrogens is 2. The Hall–Kier alpha value is -3.27. The number of nitrogens with zero attached hydrogens (tertiary/aromatic N) is 2. The second-order valence-electron chi connectivity index (χ2n) is 7.19. The molecule has 0 atom stereocenters. The summed E-state index contributed by atoms with van der Waals surface area (Å²) < 4.78 is 2.26. The molecule has 0 saturated heterocycles. The average Bonchev–Trinajstić information content (AvgIpc) is 3.17. The van der Waals surface area contributed by atoms with Gasteiger partial charge in [0.1, 0.15) is 0 Å². The average molecular weight is 423 g/mol. The van der Waals surface area contributed by atoms with Gasteiger partial charge in [0.2, 0.25) is 5.28 Å². The summed E-state index contributed by atoms with van der Waals surface area (Å²) in [5.41, 5.74) is 5.30. The van der Waals surface area contributed by atoms with Crippen LogP contribution in [0, 0.1) is 0 Å². The third-order valence-electron chi connectivity index (χ3n) is 5.46. The summed E-state index contributed by atoms with van der Waals surface area (Å²) in [7, 11) is 0. The highest BCUT2D eigenvalue weighted by atomic mass is 35.5. The Labute approximate surface area is 182 Å². The molecule has 0 saturated carbocycles. The smallest absolute Gasteiger partial charge is 0.216 e. The maximum atomic E-state index is 6.39. The van der Waals surface area contributed by atoms with Crippen molar-refractivity contribution in [3.8, 4) is 22.4 Å². The predicted molar refractivity (Wildman–Crippen MR) is 128 cm³/mol. The minimum Gasteiger partial charge on any atom is -0.216 e. The number of thiophene rings is 1. The van der Waals surface area contributed by atoms with Crippen molar-refractivity contribution in [2.45, 2.75) is 0 Å². The highest BCUT2D eigenvalue weighted by molar-refractivity contribution is 7.26. The molecule has 2 heterocycles. The minimum atomic E-state index is 0.275. The number of fused-ring (bicyclic) bond motifs is 4. The number of rotatable bonds is 2. The fourth-order valence-corrected chi connectivity index (χ4v) is 5.44. The third-order valence-corrected chi connectivity index (χ3v) is 6.79. The summed E-state index contributed by atoms with van der Waals surface area (Å²) in [6.07, 6.45) is 0. The van der Waals surface area contributed by atoms with Crippen molar-refractivity contribution in [1.82, 2.24) is 9.97 Å². The second kappa shape index (κ2) is 6.91. The molecular formula is C26H15ClN2S. The number of benzene rings is 4. The second-order valence-corrected chi connectivity index (χ2v) is 8.58. The lowest BCUT2D eigenvalue weighted by Gasteiger charge is -2.12. The molecule has 0 fully saturated rings. The predicted octanol–water partition coefficient (Wildman–Crippen LogP) is 7.99. The first-order chi connectivity index (χ1) is 14.8. The van der Waals surface area contributed by atoms with E-state index in [2.05, 4.69) is 88.8 Å². The molecule has 0 spiro atoms. The lowest BCUT2D eigenvalue weighted by Crippen LogP contribution is -1.91. The Balaban J connectivity index is 1.70. The molecular weight excluding hydrogens is 408 g/mol. The molecule has 2 nitrogen and oxygen atoms in total. The van der Waals surface area contributed by atoms with Crippen molar-refractivity contribution in [2.75, 3.05) is 0 Å². The van der Waals surface area contributed by atoms with Crippen LogP contribution < -0.4 is 0 Å². The maximum absolute atomic E-state index is 6.39. The zero-order chi connectivity index (χ0) is 20.1. The molecule has 0 aliphatic heterocycles. The fraction of sp³-hybridized carbons (Fsp3) is 0. The van der Waals surface area contributed by atoms with Crippen LogP contribution in [-0.4, -0.2) is 9.97 Å². The van der Waals surface area contributed by atoms with E-state index in [0.29, 0.717) is 0 Å². The molecule has 0 aliphatic carbocycles. The molecule has 2 aromatic heterocycles. The highest BCUT2D eigenvalue weighted by Crippen LogP contribution is 2.42. The van der Waals surface area contributed by atoms with Crippen LogP contribution >= 0.6 is 22.9 Å². The van der Waals surface area contributed by atoms with Crippen LogP contribution in [-0.2, 0) is 0 Å². The fourth-order valence-electron chi connectivity index (χ4n) is 4.12. The van der Waals surface area contributed by atoms with Gasteiger partial charge in [0.05, 0.1) is 15.9 Å². The molecule has 0 N–H and O–H groups in total. The first-order valence-electron chi connectivity index (χ1n) is 9.72. The molecule has 0 amide bonds. The number of halogens is 1. The first-order valence-corrected chi connectivity index (χ1v) is 10.9. The van der Waals surface area contributed by atoms with Gasteiger partial charge in [-0.15, -0.1) is 11.3 Å². The van der Waals surface area contributed by atoms with Gasteiger partial charge in [-0.1, -0.05) is 84.9 Å². The van der Waals surface area contributed by atoms with E-state index in [4.69, 9.17) is 11.6 Å². The molecule has 6 aromatic rings. The molecule has 142 valence electrons. The largest absolute Gasteiger partial charge is 0.223 e. The minimum absolute atomic E-state index is 0.275. The summed E-state index contributed by atoms with van der Waals surface area (Å²) in [4.78, 5) is 9.24. The zero-order valence-corrected chi connectivity index (χ0v) is 17.4. The molecule has 0 bridgehead atoms. The van der Waals surface area contributed by atoms with Crippen LogP contribution in [0.25, 0.3) is 53.5 Å². The molecule has 0 unspecified atom stereocenters. The number of hydrogen-bond donors (Lipinski definition) is 0. The summed E-state index contributed by atoms with van der Waals surface area (Å²) in [6.45, 7) is 0. The Morgan fingerprint density at radius 3 is 2.03 bits per heavy atom. The topological polar surface area (TPSA) is 25.8 Å². The van der Waals surface area contributed by atoms with Crippen LogP contribution in [0.5, 0.6) is 0 Å². The van der Waals surface area contributed by atoms with E-state index in [-0.39, 0.29) is 5.28 Å². The maximum Gasteiger partial charge on any atom is 0.223 e. The van der Waals surface area contributed by atoms with Crippen molar-refractivity contribution in [3.63, 3.8) is 0 Å². The van der Waals surface area contributed by atoms with Gasteiger partial charge in [0.15, 0.2) is 0 Å². The quantitative estimate of drug-likeness (QED) is 0.264. The molecule has 4 aromatic carbocycles. The van der Waals surface area contributed by atoms with Gasteiger partial charge >= 0.3 is 0 Å². The van der Waals surface area contributed by atoms with E-state index < -0.39 is 0 Å². The Morgan fingerprint density at radius 1 is 0.600 bits per heavy atom. The van der Waals surface area contributed by atoms with Crippen molar-refractivity contribution >= 4 is 54.0 Å². The van der Waals surface area contributed by atoms with Crippen LogP contribution in [0.2, 0.25) is 5.28 Å². The molecule has 6 rings (SSSR count). The van der Waals surface area contributed by atoms with E-state index in [0.717, 1.165) is 32.2 Å². The summed E-state index contributed by atoms with van der Waals surface area (Å²) >= 11 is 8.11. The van der Waals surface area contributed by atoms with Gasteiger partial charge in [-0.3, -0.25) is 0 Å². The van der Waals surface area contributed by atoms with E-state index in [1.54, 1.807) is 11.3 Å². The van der Waals surface area contributed by atoms with Crippen LogP contribution in [0.1, 0.15) is 0 Å². The van der Waals surface area contributed by atoms with Gasteiger partial charge in [-0.05, 0) is 39.6 Å². The molecule has 0 radical (unpaired) electrons. The lowest BCUT2D eigenvalue weighted by atomic mass is 9.94. The van der Waals surface area contributed by atoms with E-state index in [1.165, 1.54) is 21.2 Å². The monoisotopic (exact) mass is 422 g/mol. The van der Waals surface area contributed by atoms with Crippen LogP contribution in [0.3, 0.4) is 0 Å². The van der Waals surface area contributed by atoms with Crippen molar-refractivity contribution in [1.29, 1.82) is 0 Å². The van der Waals surface area contributed by atoms with Gasteiger partial charge in [0, 0.05) is 15.6 Å². The van der Waals surface area contributed by atoms with Gasteiger partial charge < -0.3 is 0 Å². The SMILES string of the molecule is Clc1nc(-c2ccc(-c3ccccc3)c3ccccc23)c2sc3ccccc3c2n1. The van der Waals surface area contributed by atoms with E-state index in [1.807, 2.05) is 12.1 Å². The lowest BCUT2D eigenvalue weighted by molar-refractivity contribution is 1.24. The van der Waals surface area contributed by atoms with Crippen LogP contribution in [0.15, 0.2) is 91.0 Å². The summed E-state index contributed by atoms with van der Waals surface area (Å²) in [5.74, 6) is 0.